The monoisotopic (exact) mass is 364 g/mol. The maximum Gasteiger partial charge on any atom is 0.0206 e. The molecule has 28 heavy (non-hydrogen) atoms. The van der Waals surface area contributed by atoms with Crippen molar-refractivity contribution in [3.05, 3.63) is 95.6 Å². The maximum atomic E-state index is 2.46. The van der Waals surface area contributed by atoms with Crippen LogP contribution in [0.2, 0.25) is 0 Å². The van der Waals surface area contributed by atoms with Gasteiger partial charge in [-0.25, -0.2) is 0 Å². The van der Waals surface area contributed by atoms with Crippen LogP contribution >= 0.6 is 0 Å². The molecule has 0 saturated carbocycles. The predicted molar refractivity (Wildman–Crippen MR) is 121 cm³/mol. The third-order valence-corrected chi connectivity index (χ3v) is 6.87. The molecule has 0 spiro atoms. The molecule has 4 aromatic carbocycles. The smallest absolute Gasteiger partial charge is 0.0206 e. The Bertz CT molecular complexity index is 1120. The van der Waals surface area contributed by atoms with Gasteiger partial charge in [0.1, 0.15) is 0 Å². The summed E-state index contributed by atoms with van der Waals surface area (Å²) in [5.41, 5.74) is 4.85. The highest BCUT2D eigenvalue weighted by Crippen LogP contribution is 2.48. The minimum Gasteiger partial charge on any atom is -0.0654 e. The molecule has 0 saturated heterocycles. The van der Waals surface area contributed by atoms with Crippen LogP contribution in [0.5, 0.6) is 0 Å². The Hall–Kier alpha value is -2.60. The van der Waals surface area contributed by atoms with E-state index in [1.807, 2.05) is 0 Å². The predicted octanol–water partition coefficient (Wildman–Crippen LogP) is 7.81. The van der Waals surface area contributed by atoms with Gasteiger partial charge in [0.25, 0.3) is 0 Å². The molecule has 0 nitrogen and oxygen atoms in total. The number of benzene rings is 4. The van der Waals surface area contributed by atoms with Crippen LogP contribution in [0.25, 0.3) is 21.5 Å². The molecule has 0 amide bonds. The number of hydrogen-bond acceptors (Lipinski definition) is 0. The summed E-state index contributed by atoms with van der Waals surface area (Å²) in [6.45, 7) is 2.31. The molecule has 1 aliphatic rings. The molecule has 4 aromatic rings. The third-order valence-electron chi connectivity index (χ3n) is 6.87. The molecule has 140 valence electrons. The Morgan fingerprint density at radius 1 is 0.750 bits per heavy atom. The molecule has 0 fully saturated rings. The second-order valence-corrected chi connectivity index (χ2v) is 8.38. The van der Waals surface area contributed by atoms with Crippen molar-refractivity contribution in [2.75, 3.05) is 0 Å². The fraction of sp³-hybridized carbons (Fsp3) is 0.286. The first-order chi connectivity index (χ1) is 13.8. The topological polar surface area (TPSA) is 0 Å². The Balaban J connectivity index is 1.78. The van der Waals surface area contributed by atoms with Gasteiger partial charge in [0.2, 0.25) is 0 Å². The quantitative estimate of drug-likeness (QED) is 0.324. The molecule has 0 N–H and O–H groups in total. The number of unbranched alkanes of at least 4 members (excludes halogenated alkanes) is 1. The lowest BCUT2D eigenvalue weighted by Crippen LogP contribution is -2.32. The Morgan fingerprint density at radius 2 is 1.54 bits per heavy atom. The van der Waals surface area contributed by atoms with E-state index >= 15 is 0 Å². The Morgan fingerprint density at radius 3 is 2.39 bits per heavy atom. The molecule has 1 aliphatic carbocycles. The summed E-state index contributed by atoms with van der Waals surface area (Å²) in [6, 6.07) is 29.6. The van der Waals surface area contributed by atoms with E-state index < -0.39 is 0 Å². The SMILES string of the molecule is CCCCC1(c2ccccc2)CCCc2c1ccc1c2ccc2ccccc21. The van der Waals surface area contributed by atoms with Gasteiger partial charge in [-0.2, -0.15) is 0 Å². The fourth-order valence-corrected chi connectivity index (χ4v) is 5.51. The van der Waals surface area contributed by atoms with Crippen LogP contribution in [0.4, 0.5) is 0 Å². The minimum atomic E-state index is 0.171. The van der Waals surface area contributed by atoms with Gasteiger partial charge < -0.3 is 0 Å². The summed E-state index contributed by atoms with van der Waals surface area (Å²) in [5, 5.41) is 5.60. The standard InChI is InChI=1S/C28H28/c1-2-3-19-28(22-11-5-4-6-12-22)20-9-14-26-25-16-15-21-10-7-8-13-23(21)24(25)17-18-27(26)28/h4-8,10-13,15-18H,2-3,9,14,19-20H2,1H3. The van der Waals surface area contributed by atoms with E-state index in [2.05, 4.69) is 85.8 Å². The molecule has 0 heterocycles. The van der Waals surface area contributed by atoms with Crippen molar-refractivity contribution in [2.45, 2.75) is 50.9 Å². The number of rotatable bonds is 4. The summed E-state index contributed by atoms with van der Waals surface area (Å²) < 4.78 is 0. The van der Waals surface area contributed by atoms with Gasteiger partial charge in [0, 0.05) is 5.41 Å². The Labute approximate surface area is 168 Å². The highest BCUT2D eigenvalue weighted by molar-refractivity contribution is 6.08. The van der Waals surface area contributed by atoms with Crippen LogP contribution in [0.1, 0.15) is 55.7 Å². The Kier molecular flexibility index (Phi) is 4.43. The summed E-state index contributed by atoms with van der Waals surface area (Å²) >= 11 is 0. The molecule has 0 aliphatic heterocycles. The summed E-state index contributed by atoms with van der Waals surface area (Å²) in [6.07, 6.45) is 7.53. The molecular formula is C28H28. The first-order valence-electron chi connectivity index (χ1n) is 10.8. The van der Waals surface area contributed by atoms with E-state index in [1.54, 1.807) is 11.1 Å². The lowest BCUT2D eigenvalue weighted by Gasteiger charge is -2.41. The van der Waals surface area contributed by atoms with Crippen molar-refractivity contribution in [1.82, 2.24) is 0 Å². The molecule has 0 aromatic heterocycles. The lowest BCUT2D eigenvalue weighted by atomic mass is 9.63. The van der Waals surface area contributed by atoms with Gasteiger partial charge in [0.15, 0.2) is 0 Å². The van der Waals surface area contributed by atoms with Gasteiger partial charge in [-0.1, -0.05) is 98.6 Å². The van der Waals surface area contributed by atoms with E-state index in [1.165, 1.54) is 65.6 Å². The number of fused-ring (bicyclic) bond motifs is 5. The van der Waals surface area contributed by atoms with Gasteiger partial charge >= 0.3 is 0 Å². The fourth-order valence-electron chi connectivity index (χ4n) is 5.51. The van der Waals surface area contributed by atoms with Gasteiger partial charge in [-0.3, -0.25) is 0 Å². The zero-order valence-electron chi connectivity index (χ0n) is 16.7. The van der Waals surface area contributed by atoms with Crippen molar-refractivity contribution in [2.24, 2.45) is 0 Å². The average Bonchev–Trinajstić information content (AvgIpc) is 2.77. The maximum absolute atomic E-state index is 2.46. The molecule has 0 bridgehead atoms. The molecule has 5 rings (SSSR count). The van der Waals surface area contributed by atoms with E-state index in [0.29, 0.717) is 0 Å². The van der Waals surface area contributed by atoms with Crippen LogP contribution in [0, 0.1) is 0 Å². The van der Waals surface area contributed by atoms with Gasteiger partial charge in [0.05, 0.1) is 0 Å². The van der Waals surface area contributed by atoms with E-state index in [0.717, 1.165) is 0 Å². The first-order valence-corrected chi connectivity index (χ1v) is 10.8. The van der Waals surface area contributed by atoms with E-state index in [-0.39, 0.29) is 5.41 Å². The second-order valence-electron chi connectivity index (χ2n) is 8.38. The molecule has 1 atom stereocenters. The van der Waals surface area contributed by atoms with Crippen LogP contribution in [0.15, 0.2) is 78.9 Å². The van der Waals surface area contributed by atoms with Crippen molar-refractivity contribution < 1.29 is 0 Å². The van der Waals surface area contributed by atoms with Crippen molar-refractivity contribution in [3.63, 3.8) is 0 Å². The average molecular weight is 365 g/mol. The van der Waals surface area contributed by atoms with Crippen LogP contribution < -0.4 is 0 Å². The lowest BCUT2D eigenvalue weighted by molar-refractivity contribution is 0.387. The van der Waals surface area contributed by atoms with E-state index in [4.69, 9.17) is 0 Å². The van der Waals surface area contributed by atoms with Crippen LogP contribution in [-0.4, -0.2) is 0 Å². The molecule has 0 radical (unpaired) electrons. The minimum absolute atomic E-state index is 0.171. The molecule has 0 heteroatoms. The highest BCUT2D eigenvalue weighted by Gasteiger charge is 2.38. The molecular weight excluding hydrogens is 336 g/mol. The largest absolute Gasteiger partial charge is 0.0654 e. The van der Waals surface area contributed by atoms with Gasteiger partial charge in [-0.05, 0) is 63.9 Å². The first kappa shape index (κ1) is 17.5. The van der Waals surface area contributed by atoms with Crippen molar-refractivity contribution >= 4 is 21.5 Å². The summed E-state index contributed by atoms with van der Waals surface area (Å²) in [7, 11) is 0. The molecule has 1 unspecified atom stereocenters. The highest BCUT2D eigenvalue weighted by atomic mass is 14.4. The normalized spacial score (nSPS) is 19.0. The van der Waals surface area contributed by atoms with Crippen molar-refractivity contribution in [3.8, 4) is 0 Å². The number of aryl methyl sites for hydroxylation is 1. The van der Waals surface area contributed by atoms with Crippen LogP contribution in [0.3, 0.4) is 0 Å². The second kappa shape index (κ2) is 7.09. The van der Waals surface area contributed by atoms with E-state index in [9.17, 15) is 0 Å². The zero-order chi connectivity index (χ0) is 19.0. The van der Waals surface area contributed by atoms with Gasteiger partial charge in [-0.15, -0.1) is 0 Å². The third kappa shape index (κ3) is 2.66. The summed E-state index contributed by atoms with van der Waals surface area (Å²) in [4.78, 5) is 0. The van der Waals surface area contributed by atoms with Crippen LogP contribution in [-0.2, 0) is 11.8 Å². The zero-order valence-corrected chi connectivity index (χ0v) is 16.7. The summed E-state index contributed by atoms with van der Waals surface area (Å²) in [5.74, 6) is 0. The number of hydrogen-bond donors (Lipinski definition) is 0. The van der Waals surface area contributed by atoms with Crippen molar-refractivity contribution in [1.29, 1.82) is 0 Å².